The first-order valence-corrected chi connectivity index (χ1v) is 6.54. The Balaban J connectivity index is 1.95. The lowest BCUT2D eigenvalue weighted by Gasteiger charge is -2.19. The number of nitrogens with one attached hydrogen (secondary N) is 1. The molecule has 0 amide bonds. The molecule has 0 radical (unpaired) electrons. The third kappa shape index (κ3) is 1.85. The number of hydrogen-bond donors (Lipinski definition) is 1. The van der Waals surface area contributed by atoms with Crippen LogP contribution < -0.4 is 5.32 Å². The van der Waals surface area contributed by atoms with Crippen molar-refractivity contribution in [3.05, 3.63) is 53.3 Å². The molecule has 1 aromatic carbocycles. The van der Waals surface area contributed by atoms with Crippen LogP contribution in [0.3, 0.4) is 0 Å². The summed E-state index contributed by atoms with van der Waals surface area (Å²) < 4.78 is 1.96. The van der Waals surface area contributed by atoms with Gasteiger partial charge in [0.05, 0.1) is 6.20 Å². The molecule has 1 N–H and O–H groups in total. The summed E-state index contributed by atoms with van der Waals surface area (Å²) in [6, 6.07) is 11.2. The predicted molar refractivity (Wildman–Crippen MR) is 72.5 cm³/mol. The van der Waals surface area contributed by atoms with Gasteiger partial charge < -0.3 is 5.32 Å². The number of hydrogen-bond acceptors (Lipinski definition) is 2. The fraction of sp³-hybridized carbons (Fsp3) is 0.400. The van der Waals surface area contributed by atoms with Gasteiger partial charge >= 0.3 is 0 Å². The van der Waals surface area contributed by atoms with E-state index in [2.05, 4.69) is 47.7 Å². The molecule has 1 aliphatic rings. The van der Waals surface area contributed by atoms with Crippen molar-refractivity contribution in [3.8, 4) is 0 Å². The van der Waals surface area contributed by atoms with E-state index in [1.54, 1.807) is 0 Å². The fourth-order valence-electron chi connectivity index (χ4n) is 2.91. The van der Waals surface area contributed by atoms with E-state index in [0.29, 0.717) is 12.0 Å². The normalized spacial score (nSPS) is 23.4. The van der Waals surface area contributed by atoms with Crippen molar-refractivity contribution in [2.24, 2.45) is 7.05 Å². The molecule has 1 saturated heterocycles. The van der Waals surface area contributed by atoms with E-state index in [0.717, 1.165) is 6.54 Å². The molecule has 18 heavy (non-hydrogen) atoms. The maximum atomic E-state index is 4.37. The zero-order valence-corrected chi connectivity index (χ0v) is 10.9. The zero-order chi connectivity index (χ0) is 12.5. The van der Waals surface area contributed by atoms with Gasteiger partial charge in [-0.15, -0.1) is 0 Å². The Morgan fingerprint density at radius 1 is 1.28 bits per heavy atom. The SMILES string of the molecule is Cc1c(C2NCCC2c2ccccc2)cnn1C. The first kappa shape index (κ1) is 11.5. The third-order valence-corrected chi connectivity index (χ3v) is 4.06. The summed E-state index contributed by atoms with van der Waals surface area (Å²) in [6.07, 6.45) is 3.21. The summed E-state index contributed by atoms with van der Waals surface area (Å²) in [5.41, 5.74) is 4.02. The summed E-state index contributed by atoms with van der Waals surface area (Å²) in [7, 11) is 2.01. The van der Waals surface area contributed by atoms with Gasteiger partial charge in [0.15, 0.2) is 0 Å². The Labute approximate surface area is 108 Å². The van der Waals surface area contributed by atoms with Crippen LogP contribution in [0, 0.1) is 6.92 Å². The summed E-state index contributed by atoms with van der Waals surface area (Å²) >= 11 is 0. The van der Waals surface area contributed by atoms with Crippen molar-refractivity contribution in [2.45, 2.75) is 25.3 Å². The third-order valence-electron chi connectivity index (χ3n) is 4.06. The van der Waals surface area contributed by atoms with Crippen LogP contribution in [-0.2, 0) is 7.05 Å². The lowest BCUT2D eigenvalue weighted by atomic mass is 9.88. The molecule has 0 spiro atoms. The molecule has 3 rings (SSSR count). The predicted octanol–water partition coefficient (Wildman–Crippen LogP) is 2.55. The van der Waals surface area contributed by atoms with Gasteiger partial charge in [0, 0.05) is 30.3 Å². The van der Waals surface area contributed by atoms with E-state index in [9.17, 15) is 0 Å². The van der Waals surface area contributed by atoms with E-state index in [4.69, 9.17) is 0 Å². The average Bonchev–Trinajstić information content (AvgIpc) is 2.99. The summed E-state index contributed by atoms with van der Waals surface area (Å²) in [5, 5.41) is 7.99. The lowest BCUT2D eigenvalue weighted by Crippen LogP contribution is -2.17. The van der Waals surface area contributed by atoms with Crippen molar-refractivity contribution in [3.63, 3.8) is 0 Å². The van der Waals surface area contributed by atoms with Crippen molar-refractivity contribution >= 4 is 0 Å². The first-order chi connectivity index (χ1) is 8.77. The van der Waals surface area contributed by atoms with Crippen LogP contribution in [0.1, 0.15) is 35.2 Å². The lowest BCUT2D eigenvalue weighted by molar-refractivity contribution is 0.573. The van der Waals surface area contributed by atoms with Gasteiger partial charge in [-0.25, -0.2) is 0 Å². The second kappa shape index (κ2) is 4.58. The molecule has 1 aromatic heterocycles. The standard InChI is InChI=1S/C15H19N3/c1-11-14(10-17-18(11)2)15-13(8-9-16-15)12-6-4-3-5-7-12/h3-7,10,13,15-16H,8-9H2,1-2H3. The van der Waals surface area contributed by atoms with Crippen LogP contribution in [0.5, 0.6) is 0 Å². The van der Waals surface area contributed by atoms with Crippen molar-refractivity contribution in [1.82, 2.24) is 15.1 Å². The molecule has 2 atom stereocenters. The maximum Gasteiger partial charge on any atom is 0.0540 e. The van der Waals surface area contributed by atoms with Crippen molar-refractivity contribution < 1.29 is 0 Å². The molecule has 3 heteroatoms. The van der Waals surface area contributed by atoms with Crippen LogP contribution in [0.15, 0.2) is 36.5 Å². The Kier molecular flexibility index (Phi) is 2.92. The topological polar surface area (TPSA) is 29.9 Å². The average molecular weight is 241 g/mol. The van der Waals surface area contributed by atoms with Crippen LogP contribution >= 0.6 is 0 Å². The van der Waals surface area contributed by atoms with E-state index < -0.39 is 0 Å². The second-order valence-electron chi connectivity index (χ2n) is 5.05. The highest BCUT2D eigenvalue weighted by Crippen LogP contribution is 2.38. The molecule has 0 saturated carbocycles. The molecule has 2 heterocycles. The van der Waals surface area contributed by atoms with E-state index >= 15 is 0 Å². The van der Waals surface area contributed by atoms with Gasteiger partial charge in [0.25, 0.3) is 0 Å². The van der Waals surface area contributed by atoms with Crippen molar-refractivity contribution in [1.29, 1.82) is 0 Å². The number of aromatic nitrogens is 2. The smallest absolute Gasteiger partial charge is 0.0540 e. The van der Waals surface area contributed by atoms with Crippen LogP contribution in [0.4, 0.5) is 0 Å². The van der Waals surface area contributed by atoms with Gasteiger partial charge in [-0.2, -0.15) is 5.10 Å². The monoisotopic (exact) mass is 241 g/mol. The first-order valence-electron chi connectivity index (χ1n) is 6.54. The molecule has 2 aromatic rings. The van der Waals surface area contributed by atoms with Gasteiger partial charge in [-0.05, 0) is 25.5 Å². The van der Waals surface area contributed by atoms with Gasteiger partial charge in [-0.1, -0.05) is 30.3 Å². The quantitative estimate of drug-likeness (QED) is 0.875. The Hall–Kier alpha value is -1.61. The number of nitrogens with zero attached hydrogens (tertiary/aromatic N) is 2. The van der Waals surface area contributed by atoms with Gasteiger partial charge in [-0.3, -0.25) is 4.68 Å². The van der Waals surface area contributed by atoms with Gasteiger partial charge in [0.2, 0.25) is 0 Å². The van der Waals surface area contributed by atoms with E-state index in [1.807, 2.05) is 17.9 Å². The highest BCUT2D eigenvalue weighted by molar-refractivity contribution is 5.30. The zero-order valence-electron chi connectivity index (χ0n) is 10.9. The van der Waals surface area contributed by atoms with E-state index in [1.165, 1.54) is 23.2 Å². The minimum Gasteiger partial charge on any atom is -0.309 e. The molecule has 1 aliphatic heterocycles. The molecule has 2 unspecified atom stereocenters. The second-order valence-corrected chi connectivity index (χ2v) is 5.05. The minimum absolute atomic E-state index is 0.404. The minimum atomic E-state index is 0.404. The number of benzene rings is 1. The fourth-order valence-corrected chi connectivity index (χ4v) is 2.91. The summed E-state index contributed by atoms with van der Waals surface area (Å²) in [6.45, 7) is 3.23. The molecule has 3 nitrogen and oxygen atoms in total. The molecular formula is C15H19N3. The Morgan fingerprint density at radius 3 is 2.72 bits per heavy atom. The number of rotatable bonds is 2. The van der Waals surface area contributed by atoms with Gasteiger partial charge in [0.1, 0.15) is 0 Å². The van der Waals surface area contributed by atoms with Crippen LogP contribution in [-0.4, -0.2) is 16.3 Å². The highest BCUT2D eigenvalue weighted by atomic mass is 15.3. The Bertz CT molecular complexity index is 530. The molecule has 1 fully saturated rings. The van der Waals surface area contributed by atoms with E-state index in [-0.39, 0.29) is 0 Å². The highest BCUT2D eigenvalue weighted by Gasteiger charge is 2.31. The maximum absolute atomic E-state index is 4.37. The van der Waals surface area contributed by atoms with Crippen LogP contribution in [0.25, 0.3) is 0 Å². The molecule has 0 bridgehead atoms. The molecular weight excluding hydrogens is 222 g/mol. The Morgan fingerprint density at radius 2 is 2.06 bits per heavy atom. The summed E-state index contributed by atoms with van der Waals surface area (Å²) in [4.78, 5) is 0. The molecule has 0 aliphatic carbocycles. The van der Waals surface area contributed by atoms with Crippen LogP contribution in [0.2, 0.25) is 0 Å². The largest absolute Gasteiger partial charge is 0.309 e. The number of aryl methyl sites for hydroxylation is 1. The molecule has 94 valence electrons. The summed E-state index contributed by atoms with van der Waals surface area (Å²) in [5.74, 6) is 0.564. The van der Waals surface area contributed by atoms with Crippen molar-refractivity contribution in [2.75, 3.05) is 6.54 Å².